The lowest BCUT2D eigenvalue weighted by Gasteiger charge is -2.10. The first-order chi connectivity index (χ1) is 6.61. The van der Waals surface area contributed by atoms with Gasteiger partial charge in [-0.25, -0.2) is 4.79 Å². The fraction of sp³-hybridized carbons (Fsp3) is 0.727. The Hall–Kier alpha value is -0.830. The Morgan fingerprint density at radius 2 is 2.21 bits per heavy atom. The van der Waals surface area contributed by atoms with E-state index in [0.29, 0.717) is 18.6 Å². The van der Waals surface area contributed by atoms with Crippen molar-refractivity contribution in [1.82, 2.24) is 0 Å². The highest BCUT2D eigenvalue weighted by Crippen LogP contribution is 2.34. The number of esters is 1. The van der Waals surface area contributed by atoms with Crippen LogP contribution in [0.15, 0.2) is 11.1 Å². The van der Waals surface area contributed by atoms with Gasteiger partial charge in [-0.15, -0.1) is 0 Å². The van der Waals surface area contributed by atoms with Crippen molar-refractivity contribution in [2.24, 2.45) is 5.92 Å². The van der Waals surface area contributed by atoms with Crippen LogP contribution >= 0.6 is 0 Å². The van der Waals surface area contributed by atoms with Crippen molar-refractivity contribution >= 4 is 5.97 Å². The van der Waals surface area contributed by atoms with Crippen LogP contribution < -0.4 is 0 Å². The normalized spacial score (nSPS) is 26.9. The lowest BCUT2D eigenvalue weighted by atomic mass is 9.99. The average Bonchev–Trinajstić information content (AvgIpc) is 2.44. The third-order valence-corrected chi connectivity index (χ3v) is 2.83. The molecule has 80 valence electrons. The second-order valence-corrected chi connectivity index (χ2v) is 3.64. The Balaban J connectivity index is 2.84. The van der Waals surface area contributed by atoms with E-state index in [1.165, 1.54) is 0 Å². The van der Waals surface area contributed by atoms with Crippen LogP contribution in [-0.4, -0.2) is 23.8 Å². The highest BCUT2D eigenvalue weighted by molar-refractivity contribution is 5.90. The Labute approximate surface area is 84.8 Å². The van der Waals surface area contributed by atoms with Gasteiger partial charge in [0.2, 0.25) is 0 Å². The molecule has 0 saturated heterocycles. The van der Waals surface area contributed by atoms with Gasteiger partial charge in [0.15, 0.2) is 0 Å². The maximum Gasteiger partial charge on any atom is 0.334 e. The summed E-state index contributed by atoms with van der Waals surface area (Å²) in [6.07, 6.45) is 0.847. The molecular formula is C11H18O3. The molecule has 0 aromatic carbocycles. The largest absolute Gasteiger partial charge is 0.463 e. The summed E-state index contributed by atoms with van der Waals surface area (Å²) in [4.78, 5) is 11.5. The SMILES string of the molecule is CCOC(=O)C1=C(CC)[C@H](C)[C@@H](O)C1. The zero-order valence-electron chi connectivity index (χ0n) is 9.04. The van der Waals surface area contributed by atoms with Gasteiger partial charge in [0.1, 0.15) is 0 Å². The van der Waals surface area contributed by atoms with Crippen LogP contribution in [0.4, 0.5) is 0 Å². The maximum absolute atomic E-state index is 11.5. The zero-order valence-corrected chi connectivity index (χ0v) is 9.04. The number of aliphatic hydroxyl groups excluding tert-OH is 1. The fourth-order valence-corrected chi connectivity index (χ4v) is 1.99. The molecule has 0 unspecified atom stereocenters. The van der Waals surface area contributed by atoms with E-state index in [1.54, 1.807) is 6.92 Å². The summed E-state index contributed by atoms with van der Waals surface area (Å²) >= 11 is 0. The van der Waals surface area contributed by atoms with Crippen molar-refractivity contribution < 1.29 is 14.6 Å². The quantitative estimate of drug-likeness (QED) is 0.701. The summed E-state index contributed by atoms with van der Waals surface area (Å²) in [5.74, 6) is -0.160. The predicted molar refractivity (Wildman–Crippen MR) is 53.7 cm³/mol. The van der Waals surface area contributed by atoms with Gasteiger partial charge in [-0.3, -0.25) is 0 Å². The molecule has 0 aromatic heterocycles. The number of hydrogen-bond acceptors (Lipinski definition) is 3. The van der Waals surface area contributed by atoms with Crippen LogP contribution in [0.25, 0.3) is 0 Å². The number of rotatable bonds is 3. The van der Waals surface area contributed by atoms with E-state index in [0.717, 1.165) is 12.0 Å². The number of hydrogen-bond donors (Lipinski definition) is 1. The van der Waals surface area contributed by atoms with Crippen molar-refractivity contribution in [2.75, 3.05) is 6.61 Å². The standard InChI is InChI=1S/C11H18O3/c1-4-8-7(3)10(12)6-9(8)11(13)14-5-2/h7,10,12H,4-6H2,1-3H3/t7-,10-/m0/s1. The van der Waals surface area contributed by atoms with E-state index >= 15 is 0 Å². The summed E-state index contributed by atoms with van der Waals surface area (Å²) in [7, 11) is 0. The minimum Gasteiger partial charge on any atom is -0.463 e. The van der Waals surface area contributed by atoms with E-state index in [4.69, 9.17) is 4.74 Å². The molecule has 1 N–H and O–H groups in total. The van der Waals surface area contributed by atoms with Gasteiger partial charge in [-0.1, -0.05) is 19.4 Å². The molecule has 0 heterocycles. The number of aliphatic hydroxyl groups is 1. The average molecular weight is 198 g/mol. The van der Waals surface area contributed by atoms with E-state index < -0.39 is 6.10 Å². The van der Waals surface area contributed by atoms with Crippen molar-refractivity contribution in [2.45, 2.75) is 39.7 Å². The first-order valence-corrected chi connectivity index (χ1v) is 5.18. The van der Waals surface area contributed by atoms with Gasteiger partial charge in [0, 0.05) is 17.9 Å². The summed E-state index contributed by atoms with van der Waals surface area (Å²) < 4.78 is 4.95. The van der Waals surface area contributed by atoms with Gasteiger partial charge in [-0.2, -0.15) is 0 Å². The van der Waals surface area contributed by atoms with Gasteiger partial charge in [0.05, 0.1) is 12.7 Å². The van der Waals surface area contributed by atoms with Crippen LogP contribution in [0, 0.1) is 5.92 Å². The summed E-state index contributed by atoms with van der Waals surface area (Å²) in [6, 6.07) is 0. The molecule has 0 bridgehead atoms. The third kappa shape index (κ3) is 1.98. The Kier molecular flexibility index (Phi) is 3.69. The van der Waals surface area contributed by atoms with Crippen LogP contribution in [0.1, 0.15) is 33.6 Å². The monoisotopic (exact) mass is 198 g/mol. The molecular weight excluding hydrogens is 180 g/mol. The second-order valence-electron chi connectivity index (χ2n) is 3.64. The topological polar surface area (TPSA) is 46.5 Å². The molecule has 0 amide bonds. The molecule has 14 heavy (non-hydrogen) atoms. The van der Waals surface area contributed by atoms with Gasteiger partial charge < -0.3 is 9.84 Å². The van der Waals surface area contributed by atoms with Gasteiger partial charge in [0.25, 0.3) is 0 Å². The predicted octanol–water partition coefficient (Wildman–Crippen LogP) is 1.66. The molecule has 1 aliphatic carbocycles. The first kappa shape index (κ1) is 11.2. The maximum atomic E-state index is 11.5. The number of carbonyl (C=O) groups excluding carboxylic acids is 1. The molecule has 2 atom stereocenters. The lowest BCUT2D eigenvalue weighted by molar-refractivity contribution is -0.138. The molecule has 0 aromatic rings. The van der Waals surface area contributed by atoms with E-state index in [9.17, 15) is 9.90 Å². The first-order valence-electron chi connectivity index (χ1n) is 5.18. The molecule has 0 saturated carbocycles. The Bertz CT molecular complexity index is 255. The Morgan fingerprint density at radius 1 is 1.57 bits per heavy atom. The Morgan fingerprint density at radius 3 is 2.71 bits per heavy atom. The highest BCUT2D eigenvalue weighted by Gasteiger charge is 2.32. The van der Waals surface area contributed by atoms with Crippen LogP contribution in [0.2, 0.25) is 0 Å². The third-order valence-electron chi connectivity index (χ3n) is 2.83. The van der Waals surface area contributed by atoms with Crippen LogP contribution in [-0.2, 0) is 9.53 Å². The molecule has 0 aliphatic heterocycles. The van der Waals surface area contributed by atoms with Crippen molar-refractivity contribution in [1.29, 1.82) is 0 Å². The smallest absolute Gasteiger partial charge is 0.334 e. The van der Waals surface area contributed by atoms with E-state index in [1.807, 2.05) is 13.8 Å². The molecule has 3 nitrogen and oxygen atoms in total. The fourth-order valence-electron chi connectivity index (χ4n) is 1.99. The summed E-state index contributed by atoms with van der Waals surface area (Å²) in [5, 5.41) is 9.64. The van der Waals surface area contributed by atoms with Crippen molar-refractivity contribution in [3.05, 3.63) is 11.1 Å². The van der Waals surface area contributed by atoms with Gasteiger partial charge >= 0.3 is 5.97 Å². The zero-order chi connectivity index (χ0) is 10.7. The molecule has 1 aliphatic rings. The number of ether oxygens (including phenoxy) is 1. The second kappa shape index (κ2) is 4.60. The lowest BCUT2D eigenvalue weighted by Crippen LogP contribution is -2.12. The molecule has 3 heteroatoms. The van der Waals surface area contributed by atoms with Crippen LogP contribution in [0.5, 0.6) is 0 Å². The van der Waals surface area contributed by atoms with Crippen molar-refractivity contribution in [3.8, 4) is 0 Å². The van der Waals surface area contributed by atoms with Crippen molar-refractivity contribution in [3.63, 3.8) is 0 Å². The molecule has 0 fully saturated rings. The molecule has 0 spiro atoms. The van der Waals surface area contributed by atoms with Gasteiger partial charge in [-0.05, 0) is 13.3 Å². The highest BCUT2D eigenvalue weighted by atomic mass is 16.5. The van der Waals surface area contributed by atoms with E-state index in [2.05, 4.69) is 0 Å². The minimum atomic E-state index is -0.413. The van der Waals surface area contributed by atoms with Crippen LogP contribution in [0.3, 0.4) is 0 Å². The van der Waals surface area contributed by atoms with E-state index in [-0.39, 0.29) is 11.9 Å². The number of carbonyl (C=O) groups is 1. The summed E-state index contributed by atoms with van der Waals surface area (Å²) in [5.41, 5.74) is 1.74. The molecule has 0 radical (unpaired) electrons. The summed E-state index contributed by atoms with van der Waals surface area (Å²) in [6.45, 7) is 6.14. The molecule has 1 rings (SSSR count). The minimum absolute atomic E-state index is 0.0967.